The second kappa shape index (κ2) is 7.05. The molecule has 0 saturated heterocycles. The van der Waals surface area contributed by atoms with Gasteiger partial charge in [0.25, 0.3) is 0 Å². The number of alkyl halides is 3. The number of amides is 1. The van der Waals surface area contributed by atoms with E-state index in [4.69, 9.17) is 0 Å². The number of benzene rings is 1. The standard InChI is InChI=1S/C17H17F3N2O2S/c1-11(22-8-6-15-12(10-22)7-9-25-15)16(23)21-13-2-4-14(5-3-13)24-17(18,19)20/h2-5,7,9,11H,6,8,10H2,1H3,(H,21,23)/t11-/m0/s1. The van der Waals surface area contributed by atoms with Gasteiger partial charge in [-0.15, -0.1) is 24.5 Å². The lowest BCUT2D eigenvalue weighted by molar-refractivity contribution is -0.274. The Hall–Kier alpha value is -2.06. The Morgan fingerprint density at radius 2 is 2.00 bits per heavy atom. The molecule has 1 atom stereocenters. The molecule has 8 heteroatoms. The van der Waals surface area contributed by atoms with Crippen molar-refractivity contribution in [2.24, 2.45) is 0 Å². The summed E-state index contributed by atoms with van der Waals surface area (Å²) >= 11 is 1.74. The molecule has 1 aliphatic rings. The maximum Gasteiger partial charge on any atom is 0.573 e. The summed E-state index contributed by atoms with van der Waals surface area (Å²) in [5.74, 6) is -0.511. The minimum atomic E-state index is -4.73. The first kappa shape index (κ1) is 17.8. The molecule has 0 spiro atoms. The summed E-state index contributed by atoms with van der Waals surface area (Å²) in [5, 5.41) is 4.79. The fourth-order valence-electron chi connectivity index (χ4n) is 2.75. The highest BCUT2D eigenvalue weighted by molar-refractivity contribution is 7.10. The number of halogens is 3. The van der Waals surface area contributed by atoms with Gasteiger partial charge < -0.3 is 10.1 Å². The Morgan fingerprint density at radius 3 is 2.68 bits per heavy atom. The number of ether oxygens (including phenoxy) is 1. The van der Waals surface area contributed by atoms with Gasteiger partial charge in [0.2, 0.25) is 5.91 Å². The van der Waals surface area contributed by atoms with E-state index in [1.165, 1.54) is 34.7 Å². The first-order valence-electron chi connectivity index (χ1n) is 7.78. The predicted molar refractivity (Wildman–Crippen MR) is 89.6 cm³/mol. The SMILES string of the molecule is C[C@@H](C(=O)Nc1ccc(OC(F)(F)F)cc1)N1CCc2sccc2C1. The van der Waals surface area contributed by atoms with Crippen molar-refractivity contribution < 1.29 is 22.7 Å². The molecule has 1 amide bonds. The molecular formula is C17H17F3N2O2S. The summed E-state index contributed by atoms with van der Waals surface area (Å²) in [7, 11) is 0. The molecule has 0 aliphatic carbocycles. The van der Waals surface area contributed by atoms with Gasteiger partial charge in [-0.25, -0.2) is 0 Å². The van der Waals surface area contributed by atoms with Crippen LogP contribution in [0.5, 0.6) is 5.75 Å². The third kappa shape index (κ3) is 4.52. The van der Waals surface area contributed by atoms with E-state index in [1.54, 1.807) is 11.3 Å². The number of hydrogen-bond acceptors (Lipinski definition) is 4. The molecule has 1 N–H and O–H groups in total. The van der Waals surface area contributed by atoms with Gasteiger partial charge in [-0.1, -0.05) is 0 Å². The van der Waals surface area contributed by atoms with Crippen LogP contribution in [0.1, 0.15) is 17.4 Å². The fourth-order valence-corrected chi connectivity index (χ4v) is 3.64. The Labute approximate surface area is 147 Å². The van der Waals surface area contributed by atoms with Crippen LogP contribution in [0.2, 0.25) is 0 Å². The molecule has 25 heavy (non-hydrogen) atoms. The van der Waals surface area contributed by atoms with Crippen molar-refractivity contribution in [3.8, 4) is 5.75 Å². The van der Waals surface area contributed by atoms with Crippen LogP contribution in [-0.4, -0.2) is 29.8 Å². The molecule has 0 unspecified atom stereocenters. The highest BCUT2D eigenvalue weighted by Crippen LogP contribution is 2.26. The average molecular weight is 370 g/mol. The van der Waals surface area contributed by atoms with E-state index in [9.17, 15) is 18.0 Å². The Balaban J connectivity index is 1.58. The van der Waals surface area contributed by atoms with E-state index in [2.05, 4.69) is 26.4 Å². The number of nitrogens with zero attached hydrogens (tertiary/aromatic N) is 1. The number of thiophene rings is 1. The number of hydrogen-bond donors (Lipinski definition) is 1. The summed E-state index contributed by atoms with van der Waals surface area (Å²) in [6, 6.07) is 6.87. The molecule has 0 saturated carbocycles. The molecule has 1 aliphatic heterocycles. The van der Waals surface area contributed by atoms with Gasteiger partial charge in [0.05, 0.1) is 6.04 Å². The van der Waals surface area contributed by atoms with Crippen LogP contribution in [0, 0.1) is 0 Å². The van der Waals surface area contributed by atoms with Crippen molar-refractivity contribution in [3.63, 3.8) is 0 Å². The smallest absolute Gasteiger partial charge is 0.406 e. The molecular weight excluding hydrogens is 353 g/mol. The lowest BCUT2D eigenvalue weighted by atomic mass is 10.1. The zero-order chi connectivity index (χ0) is 18.0. The first-order valence-corrected chi connectivity index (χ1v) is 8.66. The number of fused-ring (bicyclic) bond motifs is 1. The van der Waals surface area contributed by atoms with Gasteiger partial charge in [0.15, 0.2) is 0 Å². The highest BCUT2D eigenvalue weighted by Gasteiger charge is 2.31. The Bertz CT molecular complexity index is 743. The molecule has 0 radical (unpaired) electrons. The van der Waals surface area contributed by atoms with Crippen LogP contribution in [0.15, 0.2) is 35.7 Å². The van der Waals surface area contributed by atoms with E-state index < -0.39 is 6.36 Å². The first-order chi connectivity index (χ1) is 11.8. The molecule has 2 heterocycles. The predicted octanol–water partition coefficient (Wildman–Crippen LogP) is 4.03. The fraction of sp³-hybridized carbons (Fsp3) is 0.353. The molecule has 2 aromatic rings. The minimum Gasteiger partial charge on any atom is -0.406 e. The topological polar surface area (TPSA) is 41.6 Å². The number of anilines is 1. The highest BCUT2D eigenvalue weighted by atomic mass is 32.1. The molecule has 4 nitrogen and oxygen atoms in total. The number of rotatable bonds is 4. The van der Waals surface area contributed by atoms with Crippen LogP contribution in [0.4, 0.5) is 18.9 Å². The molecule has 3 rings (SSSR count). The Kier molecular flexibility index (Phi) is 5.01. The van der Waals surface area contributed by atoms with Crippen molar-refractivity contribution in [1.29, 1.82) is 0 Å². The normalized spacial score (nSPS) is 16.2. The van der Waals surface area contributed by atoms with Crippen LogP contribution in [0.3, 0.4) is 0 Å². The van der Waals surface area contributed by atoms with Crippen molar-refractivity contribution >= 4 is 22.9 Å². The minimum absolute atomic E-state index is 0.192. The lowest BCUT2D eigenvalue weighted by Gasteiger charge is -2.31. The van der Waals surface area contributed by atoms with E-state index in [-0.39, 0.29) is 17.7 Å². The maximum atomic E-state index is 12.4. The van der Waals surface area contributed by atoms with Crippen LogP contribution < -0.4 is 10.1 Å². The molecule has 134 valence electrons. The number of carbonyl (C=O) groups excluding carboxylic acids is 1. The van der Waals surface area contributed by atoms with Gasteiger partial charge in [-0.3, -0.25) is 9.69 Å². The van der Waals surface area contributed by atoms with Crippen LogP contribution >= 0.6 is 11.3 Å². The summed E-state index contributed by atoms with van der Waals surface area (Å²) in [5.41, 5.74) is 1.68. The third-order valence-corrected chi connectivity index (χ3v) is 5.14. The van der Waals surface area contributed by atoms with E-state index in [0.29, 0.717) is 5.69 Å². The average Bonchev–Trinajstić information content (AvgIpc) is 3.02. The molecule has 1 aromatic heterocycles. The third-order valence-electron chi connectivity index (χ3n) is 4.12. The van der Waals surface area contributed by atoms with Gasteiger partial charge in [-0.05, 0) is 54.6 Å². The van der Waals surface area contributed by atoms with Gasteiger partial charge in [0.1, 0.15) is 5.75 Å². The van der Waals surface area contributed by atoms with Gasteiger partial charge >= 0.3 is 6.36 Å². The van der Waals surface area contributed by atoms with Gasteiger partial charge in [0, 0.05) is 23.7 Å². The summed E-state index contributed by atoms with van der Waals surface area (Å²) in [6.07, 6.45) is -3.80. The van der Waals surface area contributed by atoms with Gasteiger partial charge in [-0.2, -0.15) is 0 Å². The van der Waals surface area contributed by atoms with Crippen LogP contribution in [0.25, 0.3) is 0 Å². The van der Waals surface area contributed by atoms with Crippen molar-refractivity contribution in [2.45, 2.75) is 32.3 Å². The van der Waals surface area contributed by atoms with E-state index in [0.717, 1.165) is 19.5 Å². The van der Waals surface area contributed by atoms with E-state index >= 15 is 0 Å². The molecule has 0 fully saturated rings. The molecule has 1 aromatic carbocycles. The van der Waals surface area contributed by atoms with Crippen LogP contribution in [-0.2, 0) is 17.8 Å². The van der Waals surface area contributed by atoms with Crippen molar-refractivity contribution in [1.82, 2.24) is 4.90 Å². The molecule has 0 bridgehead atoms. The second-order valence-corrected chi connectivity index (χ2v) is 6.83. The monoisotopic (exact) mass is 370 g/mol. The lowest BCUT2D eigenvalue weighted by Crippen LogP contribution is -2.44. The number of nitrogens with one attached hydrogen (secondary N) is 1. The maximum absolute atomic E-state index is 12.4. The van der Waals surface area contributed by atoms with E-state index in [1.807, 2.05) is 6.92 Å². The summed E-state index contributed by atoms with van der Waals surface area (Å²) < 4.78 is 40.3. The zero-order valence-electron chi connectivity index (χ0n) is 13.5. The van der Waals surface area contributed by atoms with Crippen molar-refractivity contribution in [3.05, 3.63) is 46.2 Å². The second-order valence-electron chi connectivity index (χ2n) is 5.83. The zero-order valence-corrected chi connectivity index (χ0v) is 14.3. The quantitative estimate of drug-likeness (QED) is 0.884. The summed E-state index contributed by atoms with van der Waals surface area (Å²) in [4.78, 5) is 15.9. The van der Waals surface area contributed by atoms with Crippen molar-refractivity contribution in [2.75, 3.05) is 11.9 Å². The summed E-state index contributed by atoms with van der Waals surface area (Å²) in [6.45, 7) is 3.36. The number of carbonyl (C=O) groups is 1. The Morgan fingerprint density at radius 1 is 1.28 bits per heavy atom. The largest absolute Gasteiger partial charge is 0.573 e.